The Bertz CT molecular complexity index is 378. The molecular weight excluding hydrogens is 272 g/mol. The van der Waals surface area contributed by atoms with E-state index in [1.54, 1.807) is 18.0 Å². The summed E-state index contributed by atoms with van der Waals surface area (Å²) in [5.74, 6) is -0.881. The van der Waals surface area contributed by atoms with Crippen molar-refractivity contribution in [1.82, 2.24) is 9.80 Å². The molecular formula is C15H26N2O4. The Hall–Kier alpha value is -1.56. The van der Waals surface area contributed by atoms with Crippen LogP contribution >= 0.6 is 0 Å². The number of hydrogen-bond acceptors (Lipinski definition) is 3. The number of aliphatic hydroxyl groups is 1. The SMILES string of the molecule is C=CCN(CCO)C(=O)N(C)C1(CC(=O)O)CCCCC1. The minimum Gasteiger partial charge on any atom is -0.481 e. The summed E-state index contributed by atoms with van der Waals surface area (Å²) in [5.41, 5.74) is -0.615. The molecule has 1 aliphatic carbocycles. The van der Waals surface area contributed by atoms with Gasteiger partial charge in [0, 0.05) is 20.1 Å². The number of rotatable bonds is 7. The Morgan fingerprint density at radius 2 is 1.90 bits per heavy atom. The predicted octanol–water partition coefficient (Wildman–Crippen LogP) is 1.70. The molecule has 0 heterocycles. The van der Waals surface area contributed by atoms with Gasteiger partial charge in [-0.15, -0.1) is 6.58 Å². The first-order chi connectivity index (χ1) is 9.96. The number of urea groups is 1. The third-order valence-electron chi connectivity index (χ3n) is 4.25. The van der Waals surface area contributed by atoms with Crippen molar-refractivity contribution < 1.29 is 19.8 Å². The zero-order valence-corrected chi connectivity index (χ0v) is 12.8. The molecule has 1 saturated carbocycles. The largest absolute Gasteiger partial charge is 0.481 e. The second-order valence-corrected chi connectivity index (χ2v) is 5.66. The van der Waals surface area contributed by atoms with Gasteiger partial charge in [0.15, 0.2) is 0 Å². The standard InChI is InChI=1S/C15H26N2O4/c1-3-9-17(10-11-18)14(21)16(2)15(12-13(19)20)7-5-4-6-8-15/h3,18H,1,4-12H2,2H3,(H,19,20). The van der Waals surface area contributed by atoms with Crippen molar-refractivity contribution in [3.63, 3.8) is 0 Å². The molecule has 0 aromatic rings. The van der Waals surface area contributed by atoms with Crippen molar-refractivity contribution in [2.45, 2.75) is 44.1 Å². The highest BCUT2D eigenvalue weighted by Gasteiger charge is 2.41. The molecule has 2 amide bonds. The van der Waals surface area contributed by atoms with Crippen LogP contribution in [0.25, 0.3) is 0 Å². The highest BCUT2D eigenvalue weighted by atomic mass is 16.4. The first kappa shape index (κ1) is 17.5. The second kappa shape index (κ2) is 8.02. The number of carbonyl (C=O) groups is 2. The van der Waals surface area contributed by atoms with Crippen molar-refractivity contribution >= 4 is 12.0 Å². The van der Waals surface area contributed by atoms with Gasteiger partial charge < -0.3 is 20.0 Å². The molecule has 0 aromatic heterocycles. The highest BCUT2D eigenvalue weighted by molar-refractivity contribution is 5.77. The monoisotopic (exact) mass is 298 g/mol. The summed E-state index contributed by atoms with van der Waals surface area (Å²) in [6.45, 7) is 4.05. The first-order valence-corrected chi connectivity index (χ1v) is 7.43. The van der Waals surface area contributed by atoms with E-state index in [0.29, 0.717) is 19.4 Å². The van der Waals surface area contributed by atoms with E-state index in [-0.39, 0.29) is 25.6 Å². The van der Waals surface area contributed by atoms with Crippen LogP contribution in [0.1, 0.15) is 38.5 Å². The summed E-state index contributed by atoms with van der Waals surface area (Å²) in [6, 6.07) is -0.243. The van der Waals surface area contributed by atoms with Crippen LogP contribution in [-0.2, 0) is 4.79 Å². The molecule has 6 nitrogen and oxygen atoms in total. The van der Waals surface area contributed by atoms with Crippen LogP contribution in [-0.4, -0.2) is 64.3 Å². The Morgan fingerprint density at radius 1 is 1.29 bits per heavy atom. The molecule has 1 fully saturated rings. The van der Waals surface area contributed by atoms with Gasteiger partial charge in [-0.25, -0.2) is 4.79 Å². The number of carbonyl (C=O) groups excluding carboxylic acids is 1. The second-order valence-electron chi connectivity index (χ2n) is 5.66. The Balaban J connectivity index is 2.91. The number of hydrogen-bond donors (Lipinski definition) is 2. The van der Waals surface area contributed by atoms with E-state index in [0.717, 1.165) is 19.3 Å². The molecule has 0 saturated heterocycles. The molecule has 1 rings (SSSR count). The normalized spacial score (nSPS) is 17.0. The number of carboxylic acid groups (broad SMARTS) is 1. The molecule has 0 spiro atoms. The van der Waals surface area contributed by atoms with E-state index < -0.39 is 11.5 Å². The predicted molar refractivity (Wildman–Crippen MR) is 80.1 cm³/mol. The number of carboxylic acids is 1. The van der Waals surface area contributed by atoms with Crippen molar-refractivity contribution in [3.05, 3.63) is 12.7 Å². The van der Waals surface area contributed by atoms with E-state index in [2.05, 4.69) is 6.58 Å². The molecule has 0 aliphatic heterocycles. The third kappa shape index (κ3) is 4.46. The molecule has 0 aromatic carbocycles. The van der Waals surface area contributed by atoms with Crippen LogP contribution in [0.2, 0.25) is 0 Å². The Morgan fingerprint density at radius 3 is 2.38 bits per heavy atom. The maximum absolute atomic E-state index is 12.6. The van der Waals surface area contributed by atoms with Gasteiger partial charge >= 0.3 is 12.0 Å². The minimum atomic E-state index is -0.881. The lowest BCUT2D eigenvalue weighted by Crippen LogP contribution is -2.56. The van der Waals surface area contributed by atoms with Crippen molar-refractivity contribution in [1.29, 1.82) is 0 Å². The number of amides is 2. The fourth-order valence-corrected chi connectivity index (χ4v) is 3.08. The lowest BCUT2D eigenvalue weighted by atomic mass is 9.78. The topological polar surface area (TPSA) is 81.1 Å². The summed E-state index contributed by atoms with van der Waals surface area (Å²) >= 11 is 0. The van der Waals surface area contributed by atoms with Gasteiger partial charge in [-0.3, -0.25) is 4.79 Å². The number of aliphatic carboxylic acids is 1. The van der Waals surface area contributed by atoms with Crippen molar-refractivity contribution in [3.8, 4) is 0 Å². The summed E-state index contributed by atoms with van der Waals surface area (Å²) in [5, 5.41) is 18.3. The summed E-state index contributed by atoms with van der Waals surface area (Å²) < 4.78 is 0. The van der Waals surface area contributed by atoms with Gasteiger partial charge in [-0.2, -0.15) is 0 Å². The Labute approximate surface area is 126 Å². The number of aliphatic hydroxyl groups excluding tert-OH is 1. The van der Waals surface area contributed by atoms with Crippen LogP contribution < -0.4 is 0 Å². The maximum atomic E-state index is 12.6. The van der Waals surface area contributed by atoms with Crippen molar-refractivity contribution in [2.75, 3.05) is 26.7 Å². The average molecular weight is 298 g/mol. The average Bonchev–Trinajstić information content (AvgIpc) is 2.45. The molecule has 120 valence electrons. The molecule has 6 heteroatoms. The van der Waals surface area contributed by atoms with Crippen LogP contribution in [0.3, 0.4) is 0 Å². The molecule has 0 radical (unpaired) electrons. The van der Waals surface area contributed by atoms with E-state index >= 15 is 0 Å². The van der Waals surface area contributed by atoms with Gasteiger partial charge in [0.05, 0.1) is 18.6 Å². The zero-order chi connectivity index (χ0) is 15.9. The van der Waals surface area contributed by atoms with Crippen LogP contribution in [0.15, 0.2) is 12.7 Å². The van der Waals surface area contributed by atoms with Gasteiger partial charge in [-0.1, -0.05) is 25.3 Å². The fourth-order valence-electron chi connectivity index (χ4n) is 3.08. The van der Waals surface area contributed by atoms with Crippen LogP contribution in [0, 0.1) is 0 Å². The van der Waals surface area contributed by atoms with E-state index in [1.807, 2.05) is 0 Å². The van der Waals surface area contributed by atoms with Crippen LogP contribution in [0.4, 0.5) is 4.79 Å². The molecule has 0 atom stereocenters. The maximum Gasteiger partial charge on any atom is 0.320 e. The van der Waals surface area contributed by atoms with Crippen molar-refractivity contribution in [2.24, 2.45) is 0 Å². The first-order valence-electron chi connectivity index (χ1n) is 7.43. The summed E-state index contributed by atoms with van der Waals surface area (Å²) in [6.07, 6.45) is 5.95. The zero-order valence-electron chi connectivity index (χ0n) is 12.8. The summed E-state index contributed by atoms with van der Waals surface area (Å²) in [7, 11) is 1.67. The molecule has 21 heavy (non-hydrogen) atoms. The molecule has 2 N–H and O–H groups in total. The minimum absolute atomic E-state index is 0.0315. The van der Waals surface area contributed by atoms with E-state index in [1.165, 1.54) is 4.90 Å². The smallest absolute Gasteiger partial charge is 0.320 e. The summed E-state index contributed by atoms with van der Waals surface area (Å²) in [4.78, 5) is 26.9. The van der Waals surface area contributed by atoms with E-state index in [9.17, 15) is 14.7 Å². The van der Waals surface area contributed by atoms with Gasteiger partial charge in [0.1, 0.15) is 0 Å². The van der Waals surface area contributed by atoms with Gasteiger partial charge in [0.2, 0.25) is 0 Å². The molecule has 0 bridgehead atoms. The molecule has 1 aliphatic rings. The highest BCUT2D eigenvalue weighted by Crippen LogP contribution is 2.36. The fraction of sp³-hybridized carbons (Fsp3) is 0.733. The van der Waals surface area contributed by atoms with Gasteiger partial charge in [0.25, 0.3) is 0 Å². The van der Waals surface area contributed by atoms with Crippen LogP contribution in [0.5, 0.6) is 0 Å². The molecule has 0 unspecified atom stereocenters. The lowest BCUT2D eigenvalue weighted by Gasteiger charge is -2.45. The third-order valence-corrected chi connectivity index (χ3v) is 4.25. The van der Waals surface area contributed by atoms with E-state index in [4.69, 9.17) is 5.11 Å². The van der Waals surface area contributed by atoms with Gasteiger partial charge in [-0.05, 0) is 12.8 Å². The number of nitrogens with zero attached hydrogens (tertiary/aromatic N) is 2. The quantitative estimate of drug-likeness (QED) is 0.701. The Kier molecular flexibility index (Phi) is 6.68. The lowest BCUT2D eigenvalue weighted by molar-refractivity contribution is -0.140.